The fourth-order valence-electron chi connectivity index (χ4n) is 1.40. The smallest absolute Gasteiger partial charge is 0.297 e. The summed E-state index contributed by atoms with van der Waals surface area (Å²) in [6.45, 7) is 0. The van der Waals surface area contributed by atoms with E-state index >= 15 is 0 Å². The van der Waals surface area contributed by atoms with Crippen LogP contribution in [-0.4, -0.2) is 20.5 Å². The number of nitrogens with one attached hydrogen (secondary N) is 1. The maximum atomic E-state index is 13.2. The van der Waals surface area contributed by atoms with E-state index in [1.807, 2.05) is 0 Å². The summed E-state index contributed by atoms with van der Waals surface area (Å²) < 4.78 is 40.5. The first-order chi connectivity index (χ1) is 7.06. The maximum Gasteiger partial charge on any atom is 0.297 e. The van der Waals surface area contributed by atoms with Gasteiger partial charge in [0.25, 0.3) is 10.1 Å². The van der Waals surface area contributed by atoms with E-state index in [9.17, 15) is 12.8 Å². The lowest BCUT2D eigenvalue weighted by atomic mass is 10.2. The summed E-state index contributed by atoms with van der Waals surface area (Å²) in [5.41, 5.74) is 0.160. The zero-order valence-electron chi connectivity index (χ0n) is 7.82. The van der Waals surface area contributed by atoms with Crippen LogP contribution in [0, 0.1) is 5.82 Å². The molecule has 0 unspecified atom stereocenters. The van der Waals surface area contributed by atoms with Gasteiger partial charge >= 0.3 is 0 Å². The number of halogens is 1. The van der Waals surface area contributed by atoms with Crippen molar-refractivity contribution in [2.24, 2.45) is 0 Å². The minimum Gasteiger partial charge on any atom is -0.359 e. The van der Waals surface area contributed by atoms with Crippen molar-refractivity contribution in [1.29, 1.82) is 0 Å². The predicted octanol–water partition coefficient (Wildman–Crippen LogP) is 1.64. The van der Waals surface area contributed by atoms with Gasteiger partial charge in [0.1, 0.15) is 10.7 Å². The van der Waals surface area contributed by atoms with Crippen LogP contribution in [0.1, 0.15) is 0 Å². The van der Waals surface area contributed by atoms with Crippen LogP contribution in [0.2, 0.25) is 0 Å². The number of hydrogen-bond acceptors (Lipinski definition) is 3. The lowest BCUT2D eigenvalue weighted by Crippen LogP contribution is -2.03. The van der Waals surface area contributed by atoms with E-state index in [4.69, 9.17) is 0 Å². The number of fused-ring (bicyclic) bond motifs is 1. The zero-order chi connectivity index (χ0) is 11.1. The molecule has 1 aromatic carbocycles. The lowest BCUT2D eigenvalue weighted by Gasteiger charge is -2.03. The second kappa shape index (κ2) is 3.32. The van der Waals surface area contributed by atoms with Gasteiger partial charge in [0.15, 0.2) is 0 Å². The summed E-state index contributed by atoms with van der Waals surface area (Å²) >= 11 is 0. The summed E-state index contributed by atoms with van der Waals surface area (Å²) in [6, 6.07) is 3.76. The Labute approximate surface area is 85.8 Å². The number of benzene rings is 1. The van der Waals surface area contributed by atoms with E-state index in [0.717, 1.165) is 13.2 Å². The molecule has 0 radical (unpaired) electrons. The van der Waals surface area contributed by atoms with Crippen LogP contribution >= 0.6 is 0 Å². The largest absolute Gasteiger partial charge is 0.359 e. The van der Waals surface area contributed by atoms with Crippen molar-refractivity contribution < 1.29 is 17.0 Å². The molecule has 0 bridgehead atoms. The highest BCUT2D eigenvalue weighted by molar-refractivity contribution is 7.87. The predicted molar refractivity (Wildman–Crippen MR) is 52.5 cm³/mol. The molecular formula is C9H8FNO3S. The third-order valence-electron chi connectivity index (χ3n) is 2.12. The number of aromatic amines is 1. The average Bonchev–Trinajstić information content (AvgIpc) is 2.67. The molecule has 1 N–H and O–H groups in total. The summed E-state index contributed by atoms with van der Waals surface area (Å²) in [4.78, 5) is 2.59. The van der Waals surface area contributed by atoms with Gasteiger partial charge in [0.2, 0.25) is 0 Å². The number of H-pyrrole nitrogens is 1. The fraction of sp³-hybridized carbons (Fsp3) is 0.111. The monoisotopic (exact) mass is 229 g/mol. The molecule has 15 heavy (non-hydrogen) atoms. The van der Waals surface area contributed by atoms with Gasteiger partial charge in [-0.25, -0.2) is 4.39 Å². The quantitative estimate of drug-likeness (QED) is 0.796. The van der Waals surface area contributed by atoms with E-state index in [-0.39, 0.29) is 15.8 Å². The van der Waals surface area contributed by atoms with Crippen LogP contribution < -0.4 is 0 Å². The topological polar surface area (TPSA) is 59.2 Å². The Morgan fingerprint density at radius 2 is 2.07 bits per heavy atom. The van der Waals surface area contributed by atoms with Gasteiger partial charge < -0.3 is 4.98 Å². The van der Waals surface area contributed by atoms with Crippen molar-refractivity contribution >= 4 is 21.0 Å². The van der Waals surface area contributed by atoms with Crippen LogP contribution in [0.5, 0.6) is 0 Å². The molecule has 0 saturated heterocycles. The van der Waals surface area contributed by atoms with E-state index in [1.54, 1.807) is 0 Å². The van der Waals surface area contributed by atoms with E-state index in [1.165, 1.54) is 18.3 Å². The van der Waals surface area contributed by atoms with Gasteiger partial charge in [0, 0.05) is 11.6 Å². The minimum atomic E-state index is -3.80. The number of rotatable bonds is 2. The molecule has 80 valence electrons. The van der Waals surface area contributed by atoms with Crippen molar-refractivity contribution in [3.8, 4) is 0 Å². The van der Waals surface area contributed by atoms with Crippen LogP contribution in [-0.2, 0) is 14.3 Å². The summed E-state index contributed by atoms with van der Waals surface area (Å²) in [6.07, 6.45) is 1.47. The van der Waals surface area contributed by atoms with Crippen molar-refractivity contribution in [2.75, 3.05) is 7.11 Å². The molecule has 0 aliphatic rings. The van der Waals surface area contributed by atoms with Gasteiger partial charge in [-0.2, -0.15) is 8.42 Å². The highest BCUT2D eigenvalue weighted by Gasteiger charge is 2.18. The standard InChI is InChI=1S/C9H8FNO3S/c1-14-15(12,13)8-3-2-7(10)9-6(8)4-5-11-9/h2-5,11H,1H3. The Kier molecular flexibility index (Phi) is 2.24. The molecule has 0 aliphatic carbocycles. The third kappa shape index (κ3) is 1.51. The molecular weight excluding hydrogens is 221 g/mol. The Balaban J connectivity index is 2.84. The van der Waals surface area contributed by atoms with Gasteiger partial charge in [0.05, 0.1) is 12.6 Å². The van der Waals surface area contributed by atoms with E-state index in [0.29, 0.717) is 0 Å². The Morgan fingerprint density at radius 3 is 2.73 bits per heavy atom. The normalized spacial score (nSPS) is 12.1. The first kappa shape index (κ1) is 10.1. The SMILES string of the molecule is COS(=O)(=O)c1ccc(F)c2[nH]ccc12. The van der Waals surface area contributed by atoms with E-state index < -0.39 is 15.9 Å². The Morgan fingerprint density at radius 1 is 1.33 bits per heavy atom. The maximum absolute atomic E-state index is 13.2. The van der Waals surface area contributed by atoms with Crippen LogP contribution in [0.25, 0.3) is 10.9 Å². The first-order valence-corrected chi connectivity index (χ1v) is 5.53. The van der Waals surface area contributed by atoms with Crippen LogP contribution in [0.15, 0.2) is 29.3 Å². The van der Waals surface area contributed by atoms with Crippen LogP contribution in [0.4, 0.5) is 4.39 Å². The molecule has 0 fully saturated rings. The third-order valence-corrected chi connectivity index (χ3v) is 3.45. The van der Waals surface area contributed by atoms with Crippen molar-refractivity contribution in [3.63, 3.8) is 0 Å². The molecule has 2 rings (SSSR count). The highest BCUT2D eigenvalue weighted by atomic mass is 32.2. The van der Waals surface area contributed by atoms with Gasteiger partial charge in [-0.3, -0.25) is 4.18 Å². The number of hydrogen-bond donors (Lipinski definition) is 1. The summed E-state index contributed by atoms with van der Waals surface area (Å²) in [5, 5.41) is 0.289. The average molecular weight is 229 g/mol. The van der Waals surface area contributed by atoms with Gasteiger partial charge in [-0.15, -0.1) is 0 Å². The van der Waals surface area contributed by atoms with Crippen molar-refractivity contribution in [3.05, 3.63) is 30.2 Å². The molecule has 0 saturated carbocycles. The zero-order valence-corrected chi connectivity index (χ0v) is 8.64. The molecule has 2 aromatic rings. The fourth-order valence-corrected chi connectivity index (χ4v) is 2.26. The molecule has 0 aliphatic heterocycles. The molecule has 0 amide bonds. The molecule has 0 spiro atoms. The Hall–Kier alpha value is -1.40. The van der Waals surface area contributed by atoms with Crippen molar-refractivity contribution in [2.45, 2.75) is 4.90 Å². The first-order valence-electron chi connectivity index (χ1n) is 4.12. The van der Waals surface area contributed by atoms with E-state index in [2.05, 4.69) is 9.17 Å². The summed E-state index contributed by atoms with van der Waals surface area (Å²) in [7, 11) is -2.73. The Bertz CT molecular complexity index is 603. The number of aromatic nitrogens is 1. The lowest BCUT2D eigenvalue weighted by molar-refractivity contribution is 0.398. The van der Waals surface area contributed by atoms with Crippen molar-refractivity contribution in [1.82, 2.24) is 4.98 Å². The summed E-state index contributed by atoms with van der Waals surface area (Å²) in [5.74, 6) is -0.495. The molecule has 4 nitrogen and oxygen atoms in total. The van der Waals surface area contributed by atoms with Gasteiger partial charge in [-0.1, -0.05) is 0 Å². The minimum absolute atomic E-state index is 0.0392. The molecule has 1 heterocycles. The molecule has 1 aromatic heterocycles. The second-order valence-corrected chi connectivity index (χ2v) is 4.61. The van der Waals surface area contributed by atoms with Gasteiger partial charge in [-0.05, 0) is 18.2 Å². The highest BCUT2D eigenvalue weighted by Crippen LogP contribution is 2.25. The molecule has 0 atom stereocenters. The molecule has 6 heteroatoms. The second-order valence-electron chi connectivity index (χ2n) is 2.93. The van der Waals surface area contributed by atoms with Crippen LogP contribution in [0.3, 0.4) is 0 Å².